The van der Waals surface area contributed by atoms with Gasteiger partial charge in [-0.2, -0.15) is 5.10 Å². The third-order valence-corrected chi connectivity index (χ3v) is 6.38. The maximum Gasteiger partial charge on any atom is 0.267 e. The van der Waals surface area contributed by atoms with Crippen LogP contribution in [-0.2, 0) is 16.8 Å². The Balaban J connectivity index is 1.59. The first-order chi connectivity index (χ1) is 15.8. The highest BCUT2D eigenvalue weighted by molar-refractivity contribution is 8.18. The van der Waals surface area contributed by atoms with E-state index in [4.69, 9.17) is 4.42 Å². The molecule has 0 radical (unpaired) electrons. The zero-order valence-corrected chi connectivity index (χ0v) is 20.1. The van der Waals surface area contributed by atoms with Crippen molar-refractivity contribution in [2.75, 3.05) is 0 Å². The number of rotatable bonds is 5. The molecule has 1 amide bonds. The predicted molar refractivity (Wildman–Crippen MR) is 136 cm³/mol. The number of amidine groups is 1. The largest absolute Gasteiger partial charge is 0.467 e. The molecule has 4 rings (SSSR count). The minimum Gasteiger partial charge on any atom is -0.467 e. The fourth-order valence-electron chi connectivity index (χ4n) is 3.38. The highest BCUT2D eigenvalue weighted by atomic mass is 32.2. The average molecular weight is 458 g/mol. The third kappa shape index (κ3) is 5.52. The number of aryl methyl sites for hydroxylation is 1. The van der Waals surface area contributed by atoms with Gasteiger partial charge in [-0.15, -0.1) is 5.10 Å². The predicted octanol–water partition coefficient (Wildman–Crippen LogP) is 6.39. The van der Waals surface area contributed by atoms with E-state index in [9.17, 15) is 4.79 Å². The first-order valence-corrected chi connectivity index (χ1v) is 11.6. The van der Waals surface area contributed by atoms with Gasteiger partial charge in [-0.05, 0) is 64.6 Å². The van der Waals surface area contributed by atoms with E-state index in [1.165, 1.54) is 17.3 Å². The highest BCUT2D eigenvalue weighted by Gasteiger charge is 2.34. The minimum atomic E-state index is -0.108. The van der Waals surface area contributed by atoms with E-state index < -0.39 is 0 Å². The van der Waals surface area contributed by atoms with Gasteiger partial charge in [0.2, 0.25) is 0 Å². The van der Waals surface area contributed by atoms with Crippen molar-refractivity contribution in [2.45, 2.75) is 39.7 Å². The first kappa shape index (κ1) is 22.8. The van der Waals surface area contributed by atoms with Gasteiger partial charge in [0, 0.05) is 0 Å². The van der Waals surface area contributed by atoms with Crippen LogP contribution >= 0.6 is 11.8 Å². The van der Waals surface area contributed by atoms with Crippen LogP contribution in [0.1, 0.15) is 48.8 Å². The summed E-state index contributed by atoms with van der Waals surface area (Å²) in [6, 6.07) is 19.9. The molecule has 168 valence electrons. The maximum absolute atomic E-state index is 13.2. The molecule has 2 aromatic carbocycles. The van der Waals surface area contributed by atoms with E-state index in [1.807, 2.05) is 61.5 Å². The van der Waals surface area contributed by atoms with Crippen molar-refractivity contribution in [1.82, 2.24) is 4.90 Å². The smallest absolute Gasteiger partial charge is 0.267 e. The van der Waals surface area contributed by atoms with Crippen LogP contribution in [0.4, 0.5) is 0 Å². The lowest BCUT2D eigenvalue weighted by Crippen LogP contribution is -2.28. The number of hydrogen-bond acceptors (Lipinski definition) is 5. The standard InChI is InChI=1S/C27H27N3O2S/c1-19-8-5-6-9-21(19)16-24-25(31)30(18-23-10-7-15-32-23)26(33-24)29-28-17-20-11-13-22(14-12-20)27(2,3)4/h5-17H,18H2,1-4H3/b24-16-,28-17-,29-26+. The lowest BCUT2D eigenvalue weighted by Gasteiger charge is -2.18. The fraction of sp³-hybridized carbons (Fsp3) is 0.222. The van der Waals surface area contributed by atoms with Crippen molar-refractivity contribution in [3.8, 4) is 0 Å². The van der Waals surface area contributed by atoms with Crippen molar-refractivity contribution >= 4 is 35.1 Å². The topological polar surface area (TPSA) is 58.2 Å². The molecule has 1 aliphatic heterocycles. The summed E-state index contributed by atoms with van der Waals surface area (Å²) in [4.78, 5) is 15.4. The van der Waals surface area contributed by atoms with Gasteiger partial charge in [-0.3, -0.25) is 9.69 Å². The molecule has 0 aliphatic carbocycles. The molecular weight excluding hydrogens is 430 g/mol. The molecule has 1 aromatic heterocycles. The second-order valence-electron chi connectivity index (χ2n) is 8.94. The first-order valence-electron chi connectivity index (χ1n) is 10.8. The van der Waals surface area contributed by atoms with Crippen LogP contribution in [0.3, 0.4) is 0 Å². The van der Waals surface area contributed by atoms with Gasteiger partial charge in [0.05, 0.1) is 23.9 Å². The van der Waals surface area contributed by atoms with Crippen LogP contribution in [0.2, 0.25) is 0 Å². The molecule has 1 fully saturated rings. The average Bonchev–Trinajstić information content (AvgIpc) is 3.39. The molecular formula is C27H27N3O2S. The summed E-state index contributed by atoms with van der Waals surface area (Å²) in [5.41, 5.74) is 4.43. The van der Waals surface area contributed by atoms with Crippen LogP contribution < -0.4 is 0 Å². The van der Waals surface area contributed by atoms with Crippen LogP contribution in [-0.4, -0.2) is 22.2 Å². The number of benzene rings is 2. The Morgan fingerprint density at radius 3 is 2.45 bits per heavy atom. The van der Waals surface area contributed by atoms with Gasteiger partial charge in [0.25, 0.3) is 5.91 Å². The van der Waals surface area contributed by atoms with Crippen molar-refractivity contribution in [3.05, 3.63) is 99.8 Å². The normalized spacial score (nSPS) is 17.1. The summed E-state index contributed by atoms with van der Waals surface area (Å²) in [7, 11) is 0. The summed E-state index contributed by atoms with van der Waals surface area (Å²) >= 11 is 1.33. The van der Waals surface area contributed by atoms with Gasteiger partial charge in [0.1, 0.15) is 5.76 Å². The molecule has 33 heavy (non-hydrogen) atoms. The Hall–Kier alpha value is -3.38. The monoisotopic (exact) mass is 457 g/mol. The van der Waals surface area contributed by atoms with Gasteiger partial charge in [-0.25, -0.2) is 0 Å². The molecule has 3 aromatic rings. The number of carbonyl (C=O) groups excluding carboxylic acids is 1. The Bertz CT molecular complexity index is 1220. The lowest BCUT2D eigenvalue weighted by molar-refractivity contribution is -0.122. The van der Waals surface area contributed by atoms with E-state index in [0.29, 0.717) is 22.4 Å². The summed E-state index contributed by atoms with van der Waals surface area (Å²) < 4.78 is 5.46. The van der Waals surface area contributed by atoms with Gasteiger partial charge in [0.15, 0.2) is 5.17 Å². The van der Waals surface area contributed by atoms with Crippen molar-refractivity contribution in [1.29, 1.82) is 0 Å². The summed E-state index contributed by atoms with van der Waals surface area (Å²) in [5.74, 6) is 0.582. The number of nitrogens with zero attached hydrogens (tertiary/aromatic N) is 3. The zero-order valence-electron chi connectivity index (χ0n) is 19.3. The zero-order chi connectivity index (χ0) is 23.4. The Morgan fingerprint density at radius 2 is 1.79 bits per heavy atom. The molecule has 6 heteroatoms. The summed E-state index contributed by atoms with van der Waals surface area (Å²) in [6.45, 7) is 8.89. The van der Waals surface area contributed by atoms with E-state index >= 15 is 0 Å². The molecule has 0 N–H and O–H groups in total. The molecule has 2 heterocycles. The molecule has 1 saturated heterocycles. The number of amides is 1. The van der Waals surface area contributed by atoms with E-state index in [0.717, 1.165) is 16.7 Å². The molecule has 0 saturated carbocycles. The van der Waals surface area contributed by atoms with Gasteiger partial charge >= 0.3 is 0 Å². The van der Waals surface area contributed by atoms with Crippen molar-refractivity contribution in [2.24, 2.45) is 10.2 Å². The SMILES string of the molecule is Cc1ccccc1/C=C1\S/C(=N/N=C\c2ccc(C(C)(C)C)cc2)N(Cc2ccco2)C1=O. The molecule has 0 bridgehead atoms. The van der Waals surface area contributed by atoms with Gasteiger partial charge < -0.3 is 4.42 Å². The van der Waals surface area contributed by atoms with Crippen LogP contribution in [0.25, 0.3) is 6.08 Å². The lowest BCUT2D eigenvalue weighted by atomic mass is 9.87. The Labute approximate surface area is 198 Å². The quantitative estimate of drug-likeness (QED) is 0.253. The minimum absolute atomic E-state index is 0.100. The van der Waals surface area contributed by atoms with Gasteiger partial charge in [-0.1, -0.05) is 69.3 Å². The molecule has 5 nitrogen and oxygen atoms in total. The molecule has 1 aliphatic rings. The second-order valence-corrected chi connectivity index (χ2v) is 9.95. The van der Waals surface area contributed by atoms with E-state index in [2.05, 4.69) is 43.1 Å². The number of thioether (sulfide) groups is 1. The van der Waals surface area contributed by atoms with Crippen molar-refractivity contribution in [3.63, 3.8) is 0 Å². The Kier molecular flexibility index (Phi) is 6.65. The summed E-state index contributed by atoms with van der Waals surface area (Å²) in [5, 5.41) is 9.19. The number of carbonyl (C=O) groups is 1. The Morgan fingerprint density at radius 1 is 1.03 bits per heavy atom. The molecule has 0 spiro atoms. The summed E-state index contributed by atoms with van der Waals surface area (Å²) in [6.07, 6.45) is 5.22. The van der Waals surface area contributed by atoms with E-state index in [1.54, 1.807) is 17.4 Å². The maximum atomic E-state index is 13.2. The number of hydrogen-bond donors (Lipinski definition) is 0. The second kappa shape index (κ2) is 9.63. The fourth-order valence-corrected chi connectivity index (χ4v) is 4.31. The molecule has 0 atom stereocenters. The van der Waals surface area contributed by atoms with Crippen molar-refractivity contribution < 1.29 is 9.21 Å². The third-order valence-electron chi connectivity index (χ3n) is 5.38. The number of furan rings is 1. The van der Waals surface area contributed by atoms with Crippen LogP contribution in [0, 0.1) is 6.92 Å². The van der Waals surface area contributed by atoms with E-state index in [-0.39, 0.29) is 11.3 Å². The highest BCUT2D eigenvalue weighted by Crippen LogP contribution is 2.34. The molecule has 0 unspecified atom stereocenters. The van der Waals surface area contributed by atoms with Crippen LogP contribution in [0.5, 0.6) is 0 Å². The van der Waals surface area contributed by atoms with Crippen LogP contribution in [0.15, 0.2) is 86.5 Å².